The van der Waals surface area contributed by atoms with Crippen LogP contribution in [0.25, 0.3) is 0 Å². The molecule has 0 saturated carbocycles. The third kappa shape index (κ3) is 2.59. The van der Waals surface area contributed by atoms with E-state index in [1.54, 1.807) is 13.2 Å². The Morgan fingerprint density at radius 2 is 2.17 bits per heavy atom. The molecular weight excluding hydrogens is 252 g/mol. The Balaban J connectivity index is 2.35. The van der Waals surface area contributed by atoms with Crippen molar-refractivity contribution in [3.63, 3.8) is 0 Å². The summed E-state index contributed by atoms with van der Waals surface area (Å²) in [6, 6.07) is 7.34. The summed E-state index contributed by atoms with van der Waals surface area (Å²) >= 11 is 6.21. The highest BCUT2D eigenvalue weighted by Crippen LogP contribution is 2.35. The molecule has 96 valence electrons. The van der Waals surface area contributed by atoms with Gasteiger partial charge >= 0.3 is 0 Å². The highest BCUT2D eigenvalue weighted by Gasteiger charge is 2.26. The number of hydrogen-bond donors (Lipinski definition) is 0. The quantitative estimate of drug-likeness (QED) is 0.842. The van der Waals surface area contributed by atoms with Crippen molar-refractivity contribution in [2.24, 2.45) is 0 Å². The number of nitriles is 1. The average molecular weight is 267 g/mol. The highest BCUT2D eigenvalue weighted by atomic mass is 35.5. The summed E-state index contributed by atoms with van der Waals surface area (Å²) < 4.78 is 10.6. The maximum absolute atomic E-state index is 9.43. The van der Waals surface area contributed by atoms with Crippen LogP contribution < -0.4 is 4.74 Å². The molecule has 0 amide bonds. The van der Waals surface area contributed by atoms with Crippen LogP contribution in [0, 0.1) is 11.3 Å². The zero-order chi connectivity index (χ0) is 13.0. The molecule has 1 fully saturated rings. The zero-order valence-electron chi connectivity index (χ0n) is 10.2. The molecule has 0 bridgehead atoms. The van der Waals surface area contributed by atoms with Gasteiger partial charge in [0.1, 0.15) is 11.8 Å². The minimum atomic E-state index is -0.391. The van der Waals surface area contributed by atoms with Gasteiger partial charge in [0.2, 0.25) is 0 Å². The van der Waals surface area contributed by atoms with Gasteiger partial charge in [-0.25, -0.2) is 0 Å². The first-order valence-electron chi connectivity index (χ1n) is 5.81. The topological polar surface area (TPSA) is 45.5 Å². The number of hydrogen-bond acceptors (Lipinski definition) is 4. The first kappa shape index (κ1) is 13.2. The second-order valence-electron chi connectivity index (χ2n) is 4.04. The summed E-state index contributed by atoms with van der Waals surface area (Å²) in [4.78, 5) is 2.06. The molecule has 4 nitrogen and oxygen atoms in total. The van der Waals surface area contributed by atoms with Gasteiger partial charge in [0.15, 0.2) is 0 Å². The van der Waals surface area contributed by atoms with Crippen LogP contribution in [0.3, 0.4) is 0 Å². The van der Waals surface area contributed by atoms with Gasteiger partial charge in [-0.05, 0) is 12.1 Å². The fourth-order valence-electron chi connectivity index (χ4n) is 2.13. The Kier molecular flexibility index (Phi) is 4.43. The molecular formula is C13H15ClN2O2. The van der Waals surface area contributed by atoms with Gasteiger partial charge in [0.25, 0.3) is 0 Å². The van der Waals surface area contributed by atoms with E-state index in [9.17, 15) is 5.26 Å². The summed E-state index contributed by atoms with van der Waals surface area (Å²) in [5, 5.41) is 9.99. The third-order valence-electron chi connectivity index (χ3n) is 3.04. The third-order valence-corrected chi connectivity index (χ3v) is 3.37. The number of ether oxygens (including phenoxy) is 2. The normalized spacial score (nSPS) is 18.1. The van der Waals surface area contributed by atoms with Gasteiger partial charge in [-0.15, -0.1) is 0 Å². The Bertz CT molecular complexity index is 453. The lowest BCUT2D eigenvalue weighted by molar-refractivity contribution is 0.0263. The molecule has 2 rings (SSSR count). The summed E-state index contributed by atoms with van der Waals surface area (Å²) in [5.74, 6) is 0.653. The fraction of sp³-hybridized carbons (Fsp3) is 0.462. The molecule has 1 aromatic carbocycles. The second kappa shape index (κ2) is 6.05. The largest absolute Gasteiger partial charge is 0.496 e. The summed E-state index contributed by atoms with van der Waals surface area (Å²) in [6.07, 6.45) is 0. The van der Waals surface area contributed by atoms with Gasteiger partial charge in [0, 0.05) is 18.7 Å². The van der Waals surface area contributed by atoms with Crippen LogP contribution in [-0.2, 0) is 4.74 Å². The van der Waals surface area contributed by atoms with Crippen molar-refractivity contribution < 1.29 is 9.47 Å². The minimum Gasteiger partial charge on any atom is -0.496 e. The SMILES string of the molecule is COc1cccc(Cl)c1C(C#N)N1CCOCC1. The Hall–Kier alpha value is -1.28. The smallest absolute Gasteiger partial charge is 0.129 e. The Morgan fingerprint density at radius 1 is 1.44 bits per heavy atom. The molecule has 0 radical (unpaired) electrons. The van der Waals surface area contributed by atoms with Crippen LogP contribution in [0.4, 0.5) is 0 Å². The first-order valence-corrected chi connectivity index (χ1v) is 6.19. The van der Waals surface area contributed by atoms with Crippen molar-refractivity contribution in [1.29, 1.82) is 5.26 Å². The number of methoxy groups -OCH3 is 1. The monoisotopic (exact) mass is 266 g/mol. The van der Waals surface area contributed by atoms with E-state index in [2.05, 4.69) is 11.0 Å². The lowest BCUT2D eigenvalue weighted by atomic mass is 10.0. The van der Waals surface area contributed by atoms with E-state index in [-0.39, 0.29) is 0 Å². The van der Waals surface area contributed by atoms with Gasteiger partial charge in [-0.2, -0.15) is 5.26 Å². The van der Waals surface area contributed by atoms with Gasteiger partial charge in [-0.1, -0.05) is 17.7 Å². The van der Waals surface area contributed by atoms with Crippen molar-refractivity contribution in [1.82, 2.24) is 4.90 Å². The fourth-order valence-corrected chi connectivity index (χ4v) is 2.39. The van der Waals surface area contributed by atoms with Gasteiger partial charge in [0.05, 0.1) is 31.4 Å². The summed E-state index contributed by atoms with van der Waals surface area (Å²) in [5.41, 5.74) is 0.742. The standard InChI is InChI=1S/C13H15ClN2O2/c1-17-12-4-2-3-10(14)13(12)11(9-15)16-5-7-18-8-6-16/h2-4,11H,5-8H2,1H3. The first-order chi connectivity index (χ1) is 8.77. The summed E-state index contributed by atoms with van der Waals surface area (Å²) in [7, 11) is 1.59. The van der Waals surface area contributed by atoms with Gasteiger partial charge in [-0.3, -0.25) is 4.90 Å². The van der Waals surface area contributed by atoms with Crippen LogP contribution in [0.1, 0.15) is 11.6 Å². The molecule has 1 saturated heterocycles. The van der Waals surface area contributed by atoms with Crippen LogP contribution >= 0.6 is 11.6 Å². The molecule has 1 heterocycles. The van der Waals surface area contributed by atoms with E-state index in [0.29, 0.717) is 24.0 Å². The van der Waals surface area contributed by atoms with Crippen molar-refractivity contribution in [3.8, 4) is 11.8 Å². The molecule has 0 aromatic heterocycles. The number of morpholine rings is 1. The number of halogens is 1. The van der Waals surface area contributed by atoms with Crippen LogP contribution in [0.15, 0.2) is 18.2 Å². The molecule has 18 heavy (non-hydrogen) atoms. The predicted octanol–water partition coefficient (Wildman–Crippen LogP) is 2.25. The van der Waals surface area contributed by atoms with Crippen molar-refractivity contribution in [2.45, 2.75) is 6.04 Å². The molecule has 0 N–H and O–H groups in total. The van der Waals surface area contributed by atoms with E-state index in [1.165, 1.54) is 0 Å². The molecule has 1 unspecified atom stereocenters. The maximum Gasteiger partial charge on any atom is 0.129 e. The lowest BCUT2D eigenvalue weighted by Crippen LogP contribution is -2.38. The van der Waals surface area contributed by atoms with E-state index in [4.69, 9.17) is 21.1 Å². The van der Waals surface area contributed by atoms with Crippen molar-refractivity contribution >= 4 is 11.6 Å². The molecule has 0 aliphatic carbocycles. The highest BCUT2D eigenvalue weighted by molar-refractivity contribution is 6.31. The van der Waals surface area contributed by atoms with E-state index in [0.717, 1.165) is 18.7 Å². The van der Waals surface area contributed by atoms with E-state index >= 15 is 0 Å². The van der Waals surface area contributed by atoms with Crippen molar-refractivity contribution in [3.05, 3.63) is 28.8 Å². The molecule has 1 atom stereocenters. The van der Waals surface area contributed by atoms with Crippen LogP contribution in [0.5, 0.6) is 5.75 Å². The lowest BCUT2D eigenvalue weighted by Gasteiger charge is -2.31. The molecule has 1 aromatic rings. The maximum atomic E-state index is 9.43. The van der Waals surface area contributed by atoms with Crippen molar-refractivity contribution in [2.75, 3.05) is 33.4 Å². The average Bonchev–Trinajstić information content (AvgIpc) is 2.42. The molecule has 5 heteroatoms. The predicted molar refractivity (Wildman–Crippen MR) is 68.8 cm³/mol. The van der Waals surface area contributed by atoms with E-state index < -0.39 is 6.04 Å². The Labute approximate surface area is 112 Å². The molecule has 0 spiro atoms. The number of rotatable bonds is 3. The molecule has 1 aliphatic rings. The number of benzene rings is 1. The van der Waals surface area contributed by atoms with Crippen LogP contribution in [0.2, 0.25) is 5.02 Å². The minimum absolute atomic E-state index is 0.391. The van der Waals surface area contributed by atoms with Gasteiger partial charge < -0.3 is 9.47 Å². The van der Waals surface area contributed by atoms with E-state index in [1.807, 2.05) is 12.1 Å². The van der Waals surface area contributed by atoms with Crippen LogP contribution in [-0.4, -0.2) is 38.3 Å². The molecule has 1 aliphatic heterocycles. The second-order valence-corrected chi connectivity index (χ2v) is 4.44. The number of nitrogens with zero attached hydrogens (tertiary/aromatic N) is 2. The zero-order valence-corrected chi connectivity index (χ0v) is 11.0. The summed E-state index contributed by atoms with van der Waals surface area (Å²) in [6.45, 7) is 2.75. The Morgan fingerprint density at radius 3 is 2.78 bits per heavy atom.